The summed E-state index contributed by atoms with van der Waals surface area (Å²) in [5.41, 5.74) is 2.14. The summed E-state index contributed by atoms with van der Waals surface area (Å²) in [7, 11) is 0. The fourth-order valence-electron chi connectivity index (χ4n) is 2.84. The maximum atomic E-state index is 12.6. The van der Waals surface area contributed by atoms with Gasteiger partial charge in [0.05, 0.1) is 0 Å². The normalized spacial score (nSPS) is 28.1. The molecule has 0 radical (unpaired) electrons. The molecule has 1 aromatic carbocycles. The average molecular weight is 356 g/mol. The standard InChI is InChI=1S/C16H21IO/c1-10-7-8-13(9-12(10)3)16(18)14-6-4-5-11(2)15(14)17/h4-6,10,12-13H,7-9H2,1-3H3. The summed E-state index contributed by atoms with van der Waals surface area (Å²) in [4.78, 5) is 12.6. The van der Waals surface area contributed by atoms with E-state index in [1.165, 1.54) is 12.0 Å². The Morgan fingerprint density at radius 3 is 2.61 bits per heavy atom. The molecule has 1 aliphatic carbocycles. The molecule has 1 nitrogen and oxygen atoms in total. The predicted octanol–water partition coefficient (Wildman–Crippen LogP) is 4.85. The van der Waals surface area contributed by atoms with Gasteiger partial charge in [-0.25, -0.2) is 0 Å². The van der Waals surface area contributed by atoms with Gasteiger partial charge in [-0.15, -0.1) is 0 Å². The van der Waals surface area contributed by atoms with Crippen LogP contribution in [0.5, 0.6) is 0 Å². The van der Waals surface area contributed by atoms with Crippen molar-refractivity contribution in [2.45, 2.75) is 40.0 Å². The monoisotopic (exact) mass is 356 g/mol. The number of carbonyl (C=O) groups excluding carboxylic acids is 1. The van der Waals surface area contributed by atoms with Crippen LogP contribution in [-0.4, -0.2) is 5.78 Å². The number of hydrogen-bond donors (Lipinski definition) is 0. The topological polar surface area (TPSA) is 17.1 Å². The lowest BCUT2D eigenvalue weighted by Gasteiger charge is -2.31. The Kier molecular flexibility index (Phi) is 4.46. The van der Waals surface area contributed by atoms with Crippen molar-refractivity contribution in [2.75, 3.05) is 0 Å². The van der Waals surface area contributed by atoms with Gasteiger partial charge < -0.3 is 0 Å². The van der Waals surface area contributed by atoms with Crippen molar-refractivity contribution < 1.29 is 4.79 Å². The highest BCUT2D eigenvalue weighted by Gasteiger charge is 2.30. The second-order valence-corrected chi connectivity index (χ2v) is 6.84. The molecule has 0 aromatic heterocycles. The van der Waals surface area contributed by atoms with Crippen LogP contribution in [-0.2, 0) is 0 Å². The SMILES string of the molecule is Cc1cccc(C(=O)C2CCC(C)C(C)C2)c1I. The Balaban J connectivity index is 2.19. The Morgan fingerprint density at radius 2 is 1.94 bits per heavy atom. The largest absolute Gasteiger partial charge is 0.294 e. The van der Waals surface area contributed by atoms with Gasteiger partial charge in [-0.05, 0) is 66.2 Å². The summed E-state index contributed by atoms with van der Waals surface area (Å²) in [6.07, 6.45) is 3.32. The Bertz CT molecular complexity index is 452. The van der Waals surface area contributed by atoms with Crippen molar-refractivity contribution in [1.82, 2.24) is 0 Å². The second-order valence-electron chi connectivity index (χ2n) is 5.77. The molecule has 0 heterocycles. The summed E-state index contributed by atoms with van der Waals surface area (Å²) in [6.45, 7) is 6.66. The molecule has 98 valence electrons. The van der Waals surface area contributed by atoms with Crippen LogP contribution in [0.1, 0.15) is 49.0 Å². The van der Waals surface area contributed by atoms with Crippen molar-refractivity contribution in [3.63, 3.8) is 0 Å². The van der Waals surface area contributed by atoms with Crippen molar-refractivity contribution in [2.24, 2.45) is 17.8 Å². The molecule has 2 heteroatoms. The smallest absolute Gasteiger partial charge is 0.167 e. The van der Waals surface area contributed by atoms with Crippen LogP contribution in [0.3, 0.4) is 0 Å². The van der Waals surface area contributed by atoms with Gasteiger partial charge in [0.2, 0.25) is 0 Å². The van der Waals surface area contributed by atoms with Gasteiger partial charge in [0, 0.05) is 15.1 Å². The molecule has 1 aromatic rings. The summed E-state index contributed by atoms with van der Waals surface area (Å²) in [5, 5.41) is 0. The van der Waals surface area contributed by atoms with E-state index in [4.69, 9.17) is 0 Å². The first-order valence-corrected chi connectivity index (χ1v) is 7.88. The Morgan fingerprint density at radius 1 is 1.22 bits per heavy atom. The van der Waals surface area contributed by atoms with E-state index >= 15 is 0 Å². The number of benzene rings is 1. The van der Waals surface area contributed by atoms with E-state index in [2.05, 4.69) is 49.4 Å². The van der Waals surface area contributed by atoms with Crippen molar-refractivity contribution in [3.05, 3.63) is 32.9 Å². The van der Waals surface area contributed by atoms with E-state index in [0.29, 0.717) is 11.7 Å². The van der Waals surface area contributed by atoms with Crippen molar-refractivity contribution in [1.29, 1.82) is 0 Å². The van der Waals surface area contributed by atoms with Crippen LogP contribution < -0.4 is 0 Å². The molecule has 0 amide bonds. The van der Waals surface area contributed by atoms with Gasteiger partial charge >= 0.3 is 0 Å². The molecule has 0 bridgehead atoms. The zero-order valence-electron chi connectivity index (χ0n) is 11.4. The fraction of sp³-hybridized carbons (Fsp3) is 0.562. The number of halogens is 1. The maximum Gasteiger partial charge on any atom is 0.167 e. The van der Waals surface area contributed by atoms with Gasteiger partial charge in [0.1, 0.15) is 0 Å². The molecule has 3 atom stereocenters. The number of Topliss-reactive ketones (excluding diaryl/α,β-unsaturated/α-hetero) is 1. The molecule has 1 fully saturated rings. The first kappa shape index (κ1) is 14.0. The highest BCUT2D eigenvalue weighted by molar-refractivity contribution is 14.1. The molecule has 0 spiro atoms. The summed E-state index contributed by atoms with van der Waals surface area (Å²) < 4.78 is 1.13. The third-order valence-electron chi connectivity index (χ3n) is 4.43. The maximum absolute atomic E-state index is 12.6. The minimum absolute atomic E-state index is 0.242. The highest BCUT2D eigenvalue weighted by Crippen LogP contribution is 2.35. The third kappa shape index (κ3) is 2.79. The zero-order valence-corrected chi connectivity index (χ0v) is 13.5. The van der Waals surface area contributed by atoms with E-state index in [0.717, 1.165) is 27.9 Å². The molecule has 0 N–H and O–H groups in total. The van der Waals surface area contributed by atoms with Gasteiger partial charge in [0.25, 0.3) is 0 Å². The van der Waals surface area contributed by atoms with E-state index < -0.39 is 0 Å². The van der Waals surface area contributed by atoms with E-state index in [1.54, 1.807) is 0 Å². The van der Waals surface area contributed by atoms with Crippen LogP contribution in [0.2, 0.25) is 0 Å². The van der Waals surface area contributed by atoms with Gasteiger partial charge in [-0.2, -0.15) is 0 Å². The number of aryl methyl sites for hydroxylation is 1. The third-order valence-corrected chi connectivity index (χ3v) is 5.86. The lowest BCUT2D eigenvalue weighted by Crippen LogP contribution is -2.27. The summed E-state index contributed by atoms with van der Waals surface area (Å²) in [6, 6.07) is 6.06. The molecular formula is C16H21IO. The molecule has 18 heavy (non-hydrogen) atoms. The summed E-state index contributed by atoms with van der Waals surface area (Å²) in [5.74, 6) is 2.05. The van der Waals surface area contributed by atoms with Crippen LogP contribution in [0.4, 0.5) is 0 Å². The van der Waals surface area contributed by atoms with Gasteiger partial charge in [0.15, 0.2) is 5.78 Å². The van der Waals surface area contributed by atoms with E-state index in [-0.39, 0.29) is 5.92 Å². The number of ketones is 1. The molecule has 2 rings (SSSR count). The van der Waals surface area contributed by atoms with Crippen LogP contribution in [0, 0.1) is 28.2 Å². The predicted molar refractivity (Wildman–Crippen MR) is 83.9 cm³/mol. The van der Waals surface area contributed by atoms with Crippen LogP contribution >= 0.6 is 22.6 Å². The van der Waals surface area contributed by atoms with E-state index in [9.17, 15) is 4.79 Å². The Labute approximate surface area is 123 Å². The quantitative estimate of drug-likeness (QED) is 0.547. The lowest BCUT2D eigenvalue weighted by molar-refractivity contribution is 0.0836. The molecule has 1 saturated carbocycles. The molecular weight excluding hydrogens is 335 g/mol. The summed E-state index contributed by atoms with van der Waals surface area (Å²) >= 11 is 2.30. The first-order chi connectivity index (χ1) is 8.50. The van der Waals surface area contributed by atoms with E-state index in [1.807, 2.05) is 12.1 Å². The molecule has 1 aliphatic rings. The first-order valence-electron chi connectivity index (χ1n) is 6.80. The minimum Gasteiger partial charge on any atom is -0.294 e. The zero-order chi connectivity index (χ0) is 13.3. The number of carbonyl (C=O) groups is 1. The fourth-order valence-corrected chi connectivity index (χ4v) is 3.47. The molecule has 3 unspecified atom stereocenters. The van der Waals surface area contributed by atoms with Gasteiger partial charge in [-0.1, -0.05) is 32.0 Å². The molecule has 0 saturated heterocycles. The van der Waals surface area contributed by atoms with Crippen molar-refractivity contribution in [3.8, 4) is 0 Å². The average Bonchev–Trinajstić information content (AvgIpc) is 2.35. The minimum atomic E-state index is 0.242. The van der Waals surface area contributed by atoms with Crippen molar-refractivity contribution >= 4 is 28.4 Å². The highest BCUT2D eigenvalue weighted by atomic mass is 127. The number of rotatable bonds is 2. The van der Waals surface area contributed by atoms with Crippen LogP contribution in [0.25, 0.3) is 0 Å². The lowest BCUT2D eigenvalue weighted by atomic mass is 9.73. The number of hydrogen-bond acceptors (Lipinski definition) is 1. The Hall–Kier alpha value is -0.380. The second kappa shape index (κ2) is 5.72. The van der Waals surface area contributed by atoms with Crippen LogP contribution in [0.15, 0.2) is 18.2 Å². The molecule has 0 aliphatic heterocycles. The van der Waals surface area contributed by atoms with Gasteiger partial charge in [-0.3, -0.25) is 4.79 Å².